The number of aliphatic carboxylic acids is 1. The van der Waals surface area contributed by atoms with Gasteiger partial charge in [0.1, 0.15) is 0 Å². The number of aliphatic hydroxyl groups is 1. The smallest absolute Gasteiger partial charge is 0.332 e. The third kappa shape index (κ3) is 5.37. The SMILES string of the molecule is Cc1ccc(C(=O)NCC(=O)NCCC(O)C(=O)O)s1. The van der Waals surface area contributed by atoms with Crippen LogP contribution in [0.4, 0.5) is 0 Å². The normalized spacial score (nSPS) is 11.7. The Morgan fingerprint density at radius 3 is 2.55 bits per heavy atom. The molecule has 0 saturated heterocycles. The summed E-state index contributed by atoms with van der Waals surface area (Å²) >= 11 is 1.33. The van der Waals surface area contributed by atoms with Crippen molar-refractivity contribution in [3.05, 3.63) is 21.9 Å². The Morgan fingerprint density at radius 2 is 2.00 bits per heavy atom. The van der Waals surface area contributed by atoms with Crippen LogP contribution in [-0.4, -0.2) is 47.2 Å². The minimum atomic E-state index is -1.50. The van der Waals surface area contributed by atoms with Crippen molar-refractivity contribution < 1.29 is 24.6 Å². The third-order valence-corrected chi connectivity index (χ3v) is 3.40. The van der Waals surface area contributed by atoms with E-state index in [4.69, 9.17) is 10.2 Å². The number of hydrogen-bond acceptors (Lipinski definition) is 5. The minimum Gasteiger partial charge on any atom is -0.479 e. The number of rotatable bonds is 7. The van der Waals surface area contributed by atoms with Gasteiger partial charge in [-0.15, -0.1) is 11.3 Å². The lowest BCUT2D eigenvalue weighted by atomic mass is 10.2. The molecule has 20 heavy (non-hydrogen) atoms. The number of nitrogens with one attached hydrogen (secondary N) is 2. The van der Waals surface area contributed by atoms with E-state index in [2.05, 4.69) is 10.6 Å². The van der Waals surface area contributed by atoms with Gasteiger partial charge >= 0.3 is 5.97 Å². The average Bonchev–Trinajstić information content (AvgIpc) is 2.82. The number of thiophene rings is 1. The molecule has 4 N–H and O–H groups in total. The molecule has 1 atom stereocenters. The molecule has 0 aromatic carbocycles. The highest BCUT2D eigenvalue weighted by Gasteiger charge is 2.13. The lowest BCUT2D eigenvalue weighted by molar-refractivity contribution is -0.147. The van der Waals surface area contributed by atoms with Crippen LogP contribution in [0.25, 0.3) is 0 Å². The first-order valence-electron chi connectivity index (χ1n) is 5.92. The summed E-state index contributed by atoms with van der Waals surface area (Å²) in [7, 11) is 0. The molecule has 0 saturated carbocycles. The summed E-state index contributed by atoms with van der Waals surface area (Å²) in [6.07, 6.45) is -1.59. The fraction of sp³-hybridized carbons (Fsp3) is 0.417. The molecule has 0 aliphatic rings. The lowest BCUT2D eigenvalue weighted by Crippen LogP contribution is -2.38. The van der Waals surface area contributed by atoms with Crippen LogP contribution in [0, 0.1) is 6.92 Å². The molecule has 1 aromatic rings. The maximum atomic E-state index is 11.6. The first-order valence-corrected chi connectivity index (χ1v) is 6.74. The van der Waals surface area contributed by atoms with E-state index in [1.165, 1.54) is 11.3 Å². The molecule has 0 spiro atoms. The van der Waals surface area contributed by atoms with Gasteiger partial charge in [-0.2, -0.15) is 0 Å². The molecular formula is C12H16N2O5S. The Bertz CT molecular complexity index is 500. The van der Waals surface area contributed by atoms with E-state index in [9.17, 15) is 14.4 Å². The van der Waals surface area contributed by atoms with Gasteiger partial charge in [0, 0.05) is 17.8 Å². The molecule has 0 aliphatic carbocycles. The topological polar surface area (TPSA) is 116 Å². The van der Waals surface area contributed by atoms with Crippen molar-refractivity contribution in [3.63, 3.8) is 0 Å². The van der Waals surface area contributed by atoms with E-state index in [1.807, 2.05) is 13.0 Å². The van der Waals surface area contributed by atoms with Crippen LogP contribution in [0.1, 0.15) is 21.0 Å². The summed E-state index contributed by atoms with van der Waals surface area (Å²) in [5, 5.41) is 22.3. The maximum Gasteiger partial charge on any atom is 0.332 e. The van der Waals surface area contributed by atoms with E-state index in [0.717, 1.165) is 4.88 Å². The number of carboxylic acid groups (broad SMARTS) is 1. The predicted molar refractivity (Wildman–Crippen MR) is 72.7 cm³/mol. The van der Waals surface area contributed by atoms with Crippen molar-refractivity contribution in [3.8, 4) is 0 Å². The molecule has 110 valence electrons. The Hall–Kier alpha value is -1.93. The van der Waals surface area contributed by atoms with Gasteiger partial charge in [0.25, 0.3) is 5.91 Å². The Morgan fingerprint density at radius 1 is 1.30 bits per heavy atom. The quantitative estimate of drug-likeness (QED) is 0.553. The van der Waals surface area contributed by atoms with Crippen LogP contribution < -0.4 is 10.6 Å². The molecule has 7 nitrogen and oxygen atoms in total. The minimum absolute atomic E-state index is 0.0281. The number of amides is 2. The van der Waals surface area contributed by atoms with E-state index in [-0.39, 0.29) is 25.4 Å². The van der Waals surface area contributed by atoms with Crippen molar-refractivity contribution in [2.45, 2.75) is 19.4 Å². The zero-order chi connectivity index (χ0) is 15.1. The largest absolute Gasteiger partial charge is 0.479 e. The zero-order valence-electron chi connectivity index (χ0n) is 10.9. The van der Waals surface area contributed by atoms with Crippen molar-refractivity contribution in [1.82, 2.24) is 10.6 Å². The van der Waals surface area contributed by atoms with Crippen LogP contribution in [0.5, 0.6) is 0 Å². The Balaban J connectivity index is 2.23. The third-order valence-electron chi connectivity index (χ3n) is 2.40. The number of aryl methyl sites for hydroxylation is 1. The van der Waals surface area contributed by atoms with Gasteiger partial charge in [0.2, 0.25) is 5.91 Å². The molecule has 0 radical (unpaired) electrons. The molecule has 0 aliphatic heterocycles. The molecule has 2 amide bonds. The monoisotopic (exact) mass is 300 g/mol. The first kappa shape index (κ1) is 16.1. The van der Waals surface area contributed by atoms with E-state index < -0.39 is 18.0 Å². The summed E-state index contributed by atoms with van der Waals surface area (Å²) in [6.45, 7) is 1.71. The number of aliphatic hydroxyl groups excluding tert-OH is 1. The van der Waals surface area contributed by atoms with E-state index in [0.29, 0.717) is 4.88 Å². The molecule has 8 heteroatoms. The molecule has 1 unspecified atom stereocenters. The van der Waals surface area contributed by atoms with Crippen LogP contribution in [0.15, 0.2) is 12.1 Å². The molecule has 1 rings (SSSR count). The second-order valence-corrected chi connectivity index (χ2v) is 5.37. The second kappa shape index (κ2) is 7.61. The summed E-state index contributed by atoms with van der Waals surface area (Å²) in [5.41, 5.74) is 0. The van der Waals surface area contributed by atoms with Crippen LogP contribution in [-0.2, 0) is 9.59 Å². The van der Waals surface area contributed by atoms with Crippen molar-refractivity contribution in [1.29, 1.82) is 0 Å². The zero-order valence-corrected chi connectivity index (χ0v) is 11.7. The molecule has 1 aromatic heterocycles. The Labute approximate surface area is 119 Å². The molecule has 1 heterocycles. The molecule has 0 fully saturated rings. The van der Waals surface area contributed by atoms with Gasteiger partial charge < -0.3 is 20.8 Å². The van der Waals surface area contributed by atoms with E-state index >= 15 is 0 Å². The average molecular weight is 300 g/mol. The maximum absolute atomic E-state index is 11.6. The predicted octanol–water partition coefficient (Wildman–Crippen LogP) is -0.262. The number of carboxylic acids is 1. The second-order valence-electron chi connectivity index (χ2n) is 4.09. The summed E-state index contributed by atoms with van der Waals surface area (Å²) in [6, 6.07) is 3.49. The standard InChI is InChI=1S/C12H16N2O5S/c1-7-2-3-9(20-7)11(17)14-6-10(16)13-5-4-8(15)12(18)19/h2-3,8,15H,4-6H2,1H3,(H,13,16)(H,14,17)(H,18,19). The fourth-order valence-electron chi connectivity index (χ4n) is 1.34. The fourth-order valence-corrected chi connectivity index (χ4v) is 2.12. The number of hydrogen-bond donors (Lipinski definition) is 4. The van der Waals surface area contributed by atoms with Gasteiger partial charge in [0.15, 0.2) is 6.10 Å². The van der Waals surface area contributed by atoms with Gasteiger partial charge in [-0.1, -0.05) is 0 Å². The summed E-state index contributed by atoms with van der Waals surface area (Å²) in [5.74, 6) is -2.10. The molecule has 0 bridgehead atoms. The number of carbonyl (C=O) groups is 3. The van der Waals surface area contributed by atoms with E-state index in [1.54, 1.807) is 6.07 Å². The van der Waals surface area contributed by atoms with Gasteiger partial charge in [0.05, 0.1) is 11.4 Å². The highest BCUT2D eigenvalue weighted by molar-refractivity contribution is 7.13. The lowest BCUT2D eigenvalue weighted by Gasteiger charge is -2.07. The number of carbonyl (C=O) groups excluding carboxylic acids is 2. The Kier molecular flexibility index (Phi) is 6.13. The molecular weight excluding hydrogens is 284 g/mol. The summed E-state index contributed by atoms with van der Waals surface area (Å²) < 4.78 is 0. The van der Waals surface area contributed by atoms with Crippen molar-refractivity contribution >= 4 is 29.1 Å². The van der Waals surface area contributed by atoms with Crippen LogP contribution in [0.3, 0.4) is 0 Å². The van der Waals surface area contributed by atoms with Crippen LogP contribution in [0.2, 0.25) is 0 Å². The van der Waals surface area contributed by atoms with Gasteiger partial charge in [-0.3, -0.25) is 9.59 Å². The highest BCUT2D eigenvalue weighted by atomic mass is 32.1. The van der Waals surface area contributed by atoms with Crippen molar-refractivity contribution in [2.24, 2.45) is 0 Å². The first-order chi connectivity index (χ1) is 9.40. The van der Waals surface area contributed by atoms with Crippen molar-refractivity contribution in [2.75, 3.05) is 13.1 Å². The highest BCUT2D eigenvalue weighted by Crippen LogP contribution is 2.14. The van der Waals surface area contributed by atoms with Gasteiger partial charge in [-0.05, 0) is 19.1 Å². The summed E-state index contributed by atoms with van der Waals surface area (Å²) in [4.78, 5) is 34.9. The van der Waals surface area contributed by atoms with Gasteiger partial charge in [-0.25, -0.2) is 4.79 Å². The van der Waals surface area contributed by atoms with Crippen LogP contribution >= 0.6 is 11.3 Å².